The highest BCUT2D eigenvalue weighted by Crippen LogP contribution is 2.37. The second-order valence-electron chi connectivity index (χ2n) is 6.71. The van der Waals surface area contributed by atoms with Crippen LogP contribution in [0, 0.1) is 5.82 Å². The van der Waals surface area contributed by atoms with Crippen molar-refractivity contribution in [1.29, 1.82) is 0 Å². The number of fused-ring (bicyclic) bond motifs is 1. The summed E-state index contributed by atoms with van der Waals surface area (Å²) in [5.74, 6) is 0.125. The van der Waals surface area contributed by atoms with Crippen LogP contribution in [-0.2, 0) is 23.0 Å². The number of halogens is 1. The monoisotopic (exact) mass is 392 g/mol. The lowest BCUT2D eigenvalue weighted by atomic mass is 9.83. The third-order valence-electron chi connectivity index (χ3n) is 5.01. The molecule has 2 atom stereocenters. The Kier molecular flexibility index (Phi) is 6.14. The summed E-state index contributed by atoms with van der Waals surface area (Å²) in [6.45, 7) is 1.94. The van der Waals surface area contributed by atoms with Gasteiger partial charge in [0.2, 0.25) is 10.0 Å². The minimum atomic E-state index is -3.39. The van der Waals surface area contributed by atoms with Crippen LogP contribution in [0.5, 0.6) is 5.75 Å². The van der Waals surface area contributed by atoms with Gasteiger partial charge < -0.3 is 10.1 Å². The maximum atomic E-state index is 14.5. The molecule has 146 valence electrons. The normalized spacial score (nSPS) is 19.4. The molecule has 27 heavy (non-hydrogen) atoms. The molecule has 1 heterocycles. The first-order valence-corrected chi connectivity index (χ1v) is 10.7. The minimum Gasteiger partial charge on any atom is -0.492 e. The molecule has 2 aromatic rings. The number of nitrogens with one attached hydrogen (secondary N) is 2. The standard InChI is InChI=1S/C20H25FN2O3S/c1-3-27(24,25)23-12-15-10-17-16(9-14-7-5-4-6-8-14)19(22-2)13-26-20(17)11-18(15)21/h4-8,10-11,16,19,22-23H,3,9,12-13H2,1-2H3. The van der Waals surface area contributed by atoms with Crippen molar-refractivity contribution in [3.8, 4) is 5.75 Å². The molecule has 0 spiro atoms. The van der Waals surface area contributed by atoms with Crippen molar-refractivity contribution >= 4 is 10.0 Å². The van der Waals surface area contributed by atoms with Crippen molar-refractivity contribution in [3.05, 3.63) is 65.0 Å². The van der Waals surface area contributed by atoms with Crippen molar-refractivity contribution in [1.82, 2.24) is 10.0 Å². The van der Waals surface area contributed by atoms with Gasteiger partial charge >= 0.3 is 0 Å². The number of ether oxygens (including phenoxy) is 1. The van der Waals surface area contributed by atoms with Gasteiger partial charge in [-0.25, -0.2) is 17.5 Å². The molecule has 1 aliphatic rings. The Morgan fingerprint density at radius 3 is 2.63 bits per heavy atom. The molecule has 0 saturated heterocycles. The minimum absolute atomic E-state index is 0.0405. The summed E-state index contributed by atoms with van der Waals surface area (Å²) < 4.78 is 46.1. The number of hydrogen-bond donors (Lipinski definition) is 2. The zero-order valence-corrected chi connectivity index (χ0v) is 16.4. The number of likely N-dealkylation sites (N-methyl/N-ethyl adjacent to an activating group) is 1. The van der Waals surface area contributed by atoms with Crippen LogP contribution in [0.2, 0.25) is 0 Å². The van der Waals surface area contributed by atoms with Crippen LogP contribution in [-0.4, -0.2) is 33.9 Å². The zero-order valence-electron chi connectivity index (χ0n) is 15.5. The summed E-state index contributed by atoms with van der Waals surface area (Å²) in [7, 11) is -1.51. The molecule has 7 heteroatoms. The van der Waals surface area contributed by atoms with Crippen LogP contribution in [0.4, 0.5) is 4.39 Å². The summed E-state index contributed by atoms with van der Waals surface area (Å²) in [5, 5.41) is 3.28. The van der Waals surface area contributed by atoms with Gasteiger partial charge in [0.1, 0.15) is 18.2 Å². The smallest absolute Gasteiger partial charge is 0.211 e. The molecule has 0 fully saturated rings. The van der Waals surface area contributed by atoms with E-state index in [9.17, 15) is 12.8 Å². The molecular weight excluding hydrogens is 367 g/mol. The first kappa shape index (κ1) is 19.8. The van der Waals surface area contributed by atoms with E-state index in [0.717, 1.165) is 12.0 Å². The molecule has 0 amide bonds. The summed E-state index contributed by atoms with van der Waals surface area (Å²) in [6.07, 6.45) is 0.786. The van der Waals surface area contributed by atoms with E-state index in [1.54, 1.807) is 13.0 Å². The molecule has 0 saturated carbocycles. The van der Waals surface area contributed by atoms with Crippen molar-refractivity contribution in [2.45, 2.75) is 31.8 Å². The fraction of sp³-hybridized carbons (Fsp3) is 0.400. The summed E-state index contributed by atoms with van der Waals surface area (Å²) in [5.41, 5.74) is 2.41. The van der Waals surface area contributed by atoms with E-state index in [4.69, 9.17) is 4.74 Å². The molecule has 3 rings (SSSR count). The fourth-order valence-corrected chi connectivity index (χ4v) is 3.96. The van der Waals surface area contributed by atoms with Gasteiger partial charge in [-0.1, -0.05) is 30.3 Å². The number of sulfonamides is 1. The Balaban J connectivity index is 1.93. The zero-order chi connectivity index (χ0) is 19.4. The van der Waals surface area contributed by atoms with Gasteiger partial charge in [0, 0.05) is 30.1 Å². The molecule has 0 aliphatic carbocycles. The maximum absolute atomic E-state index is 14.5. The van der Waals surface area contributed by atoms with Gasteiger partial charge in [-0.2, -0.15) is 0 Å². The second-order valence-corrected chi connectivity index (χ2v) is 8.80. The topological polar surface area (TPSA) is 67.4 Å². The van der Waals surface area contributed by atoms with Crippen molar-refractivity contribution in [3.63, 3.8) is 0 Å². The van der Waals surface area contributed by atoms with Crippen LogP contribution >= 0.6 is 0 Å². The highest BCUT2D eigenvalue weighted by molar-refractivity contribution is 7.89. The van der Waals surface area contributed by atoms with Gasteiger partial charge in [0.05, 0.1) is 5.75 Å². The van der Waals surface area contributed by atoms with E-state index in [-0.39, 0.29) is 24.3 Å². The number of benzene rings is 2. The molecule has 2 unspecified atom stereocenters. The van der Waals surface area contributed by atoms with E-state index < -0.39 is 15.8 Å². The molecule has 2 N–H and O–H groups in total. The summed E-state index contributed by atoms with van der Waals surface area (Å²) in [6, 6.07) is 13.3. The van der Waals surface area contributed by atoms with E-state index >= 15 is 0 Å². The lowest BCUT2D eigenvalue weighted by molar-refractivity contribution is 0.217. The summed E-state index contributed by atoms with van der Waals surface area (Å²) in [4.78, 5) is 0. The van der Waals surface area contributed by atoms with Gasteiger partial charge in [-0.05, 0) is 37.6 Å². The highest BCUT2D eigenvalue weighted by atomic mass is 32.2. The van der Waals surface area contributed by atoms with Crippen LogP contribution in [0.1, 0.15) is 29.5 Å². The van der Waals surface area contributed by atoms with Crippen LogP contribution in [0.3, 0.4) is 0 Å². The van der Waals surface area contributed by atoms with Crippen LogP contribution in [0.15, 0.2) is 42.5 Å². The van der Waals surface area contributed by atoms with Gasteiger partial charge in [0.25, 0.3) is 0 Å². The average Bonchev–Trinajstić information content (AvgIpc) is 2.67. The SMILES string of the molecule is CCS(=O)(=O)NCc1cc2c(cc1F)OCC(NC)C2Cc1ccccc1. The Hall–Kier alpha value is -1.96. The van der Waals surface area contributed by atoms with Crippen molar-refractivity contribution in [2.24, 2.45) is 0 Å². The average molecular weight is 392 g/mol. The molecule has 0 radical (unpaired) electrons. The quantitative estimate of drug-likeness (QED) is 0.760. The Bertz CT molecular complexity index is 888. The van der Waals surface area contributed by atoms with E-state index in [1.165, 1.54) is 11.6 Å². The number of rotatable bonds is 7. The van der Waals surface area contributed by atoms with Crippen molar-refractivity contribution in [2.75, 3.05) is 19.4 Å². The van der Waals surface area contributed by atoms with Gasteiger partial charge in [0.15, 0.2) is 0 Å². The summed E-state index contributed by atoms with van der Waals surface area (Å²) >= 11 is 0. The predicted molar refractivity (Wildman–Crippen MR) is 104 cm³/mol. The van der Waals surface area contributed by atoms with Crippen LogP contribution < -0.4 is 14.8 Å². The molecule has 0 bridgehead atoms. The molecule has 0 aromatic heterocycles. The molecule has 5 nitrogen and oxygen atoms in total. The van der Waals surface area contributed by atoms with E-state index in [2.05, 4.69) is 22.2 Å². The van der Waals surface area contributed by atoms with E-state index in [0.29, 0.717) is 17.9 Å². The Morgan fingerprint density at radius 1 is 1.22 bits per heavy atom. The highest BCUT2D eigenvalue weighted by Gasteiger charge is 2.31. The van der Waals surface area contributed by atoms with Gasteiger partial charge in [-0.15, -0.1) is 0 Å². The fourth-order valence-electron chi connectivity index (χ4n) is 3.38. The van der Waals surface area contributed by atoms with E-state index in [1.807, 2.05) is 25.2 Å². The largest absolute Gasteiger partial charge is 0.492 e. The van der Waals surface area contributed by atoms with Gasteiger partial charge in [-0.3, -0.25) is 0 Å². The first-order valence-electron chi connectivity index (χ1n) is 9.07. The third kappa shape index (κ3) is 4.66. The van der Waals surface area contributed by atoms with Crippen LogP contribution in [0.25, 0.3) is 0 Å². The lowest BCUT2D eigenvalue weighted by Gasteiger charge is -2.34. The predicted octanol–water partition coefficient (Wildman–Crippen LogP) is 2.57. The molecule has 1 aliphatic heterocycles. The molecular formula is C20H25FN2O3S. The Morgan fingerprint density at radius 2 is 1.96 bits per heavy atom. The first-order chi connectivity index (χ1) is 12.9. The number of hydrogen-bond acceptors (Lipinski definition) is 4. The second kappa shape index (κ2) is 8.37. The molecule has 2 aromatic carbocycles. The third-order valence-corrected chi connectivity index (χ3v) is 6.36. The maximum Gasteiger partial charge on any atom is 0.211 e. The lowest BCUT2D eigenvalue weighted by Crippen LogP contribution is -2.41. The van der Waals surface area contributed by atoms with Crippen molar-refractivity contribution < 1.29 is 17.5 Å². The Labute approximate surface area is 160 Å².